The molecule has 0 spiro atoms. The molecule has 0 heterocycles. The highest BCUT2D eigenvalue weighted by Crippen LogP contribution is 2.35. The quantitative estimate of drug-likeness (QED) is 0.0427. The molecule has 0 rings (SSSR count). The second-order valence-corrected chi connectivity index (χ2v) is 12.5. The van der Waals surface area contributed by atoms with Gasteiger partial charge in [-0.3, -0.25) is 18.9 Å². The van der Waals surface area contributed by atoms with Gasteiger partial charge in [-0.2, -0.15) is 0 Å². The Bertz CT molecular complexity index is 729. The van der Waals surface area contributed by atoms with Crippen molar-refractivity contribution >= 4 is 25.7 Å². The molecule has 42 heavy (non-hydrogen) atoms. The van der Waals surface area contributed by atoms with Crippen LogP contribution in [-0.2, 0) is 32.9 Å². The molecule has 0 aliphatic rings. The largest absolute Gasteiger partial charge is 0.469 e. The molecule has 0 aromatic rings. The topological polar surface area (TPSA) is 148 Å². The summed E-state index contributed by atoms with van der Waals surface area (Å²) in [4.78, 5) is 53.1. The Kier molecular flexibility index (Phi) is 27.3. The summed E-state index contributed by atoms with van der Waals surface area (Å²) in [5.74, 6) is -0.870. The molecule has 0 aliphatic carbocycles. The Morgan fingerprint density at radius 3 is 1.52 bits per heavy atom. The first-order valence-corrected chi connectivity index (χ1v) is 18.0. The van der Waals surface area contributed by atoms with Gasteiger partial charge in [0.15, 0.2) is 6.10 Å². The van der Waals surface area contributed by atoms with Crippen LogP contribution in [0.15, 0.2) is 0 Å². The maximum absolute atomic E-state index is 12.2. The summed E-state index contributed by atoms with van der Waals surface area (Å²) in [5, 5.41) is 2.83. The van der Waals surface area contributed by atoms with E-state index < -0.39 is 32.5 Å². The number of phosphoric acid groups is 1. The number of unbranched alkanes of at least 4 members (excludes halogenated alkanes) is 18. The number of amides is 1. The molecule has 0 aromatic heterocycles. The van der Waals surface area contributed by atoms with E-state index >= 15 is 0 Å². The maximum atomic E-state index is 12.2. The smallest absolute Gasteiger partial charge is 0.462 e. The molecule has 0 saturated heterocycles. The standard InChI is InChI=1S/C31H60NO9P/c1-3-4-5-6-14-18-21-24-31(35)41-29(27-40-42(36,37)38)26-39-30(34)23-20-17-15-12-10-8-7-9-11-13-16-19-22-25-32-28(2)33/h29H,3-27H2,1-2H3,(H,32,33)(H2,36,37,38)/t29-/m1/s1. The van der Waals surface area contributed by atoms with Gasteiger partial charge in [-0.1, -0.05) is 116 Å². The van der Waals surface area contributed by atoms with Gasteiger partial charge in [-0.05, 0) is 19.3 Å². The Balaban J connectivity index is 3.87. The van der Waals surface area contributed by atoms with E-state index in [0.29, 0.717) is 12.8 Å². The lowest BCUT2D eigenvalue weighted by atomic mass is 10.0. The average molecular weight is 622 g/mol. The van der Waals surface area contributed by atoms with Crippen molar-refractivity contribution in [2.45, 2.75) is 161 Å². The van der Waals surface area contributed by atoms with Gasteiger partial charge in [0, 0.05) is 26.3 Å². The summed E-state index contributed by atoms with van der Waals surface area (Å²) in [5.41, 5.74) is 0. The van der Waals surface area contributed by atoms with E-state index in [1.807, 2.05) is 0 Å². The van der Waals surface area contributed by atoms with Gasteiger partial charge in [0.25, 0.3) is 0 Å². The van der Waals surface area contributed by atoms with E-state index in [2.05, 4.69) is 16.8 Å². The van der Waals surface area contributed by atoms with Gasteiger partial charge in [0.05, 0.1) is 6.61 Å². The summed E-state index contributed by atoms with van der Waals surface area (Å²) < 4.78 is 26.1. The molecule has 0 aromatic carbocycles. The fourth-order valence-electron chi connectivity index (χ4n) is 4.63. The molecule has 248 valence electrons. The van der Waals surface area contributed by atoms with Crippen LogP contribution in [0.3, 0.4) is 0 Å². The Morgan fingerprint density at radius 2 is 1.07 bits per heavy atom. The predicted molar refractivity (Wildman–Crippen MR) is 165 cm³/mol. The van der Waals surface area contributed by atoms with Gasteiger partial charge >= 0.3 is 19.8 Å². The number of esters is 2. The van der Waals surface area contributed by atoms with Crippen LogP contribution in [0.5, 0.6) is 0 Å². The van der Waals surface area contributed by atoms with E-state index in [9.17, 15) is 18.9 Å². The Hall–Kier alpha value is -1.48. The number of nitrogens with one attached hydrogen (secondary N) is 1. The summed E-state index contributed by atoms with van der Waals surface area (Å²) in [7, 11) is -4.74. The highest BCUT2D eigenvalue weighted by atomic mass is 31.2. The molecule has 10 nitrogen and oxygen atoms in total. The van der Waals surface area contributed by atoms with Gasteiger partial charge in [-0.25, -0.2) is 4.57 Å². The highest BCUT2D eigenvalue weighted by molar-refractivity contribution is 7.46. The van der Waals surface area contributed by atoms with Crippen LogP contribution in [0, 0.1) is 0 Å². The van der Waals surface area contributed by atoms with Crippen molar-refractivity contribution < 1.29 is 42.7 Å². The van der Waals surface area contributed by atoms with Crippen molar-refractivity contribution in [3.05, 3.63) is 0 Å². The lowest BCUT2D eigenvalue weighted by Gasteiger charge is -2.18. The highest BCUT2D eigenvalue weighted by Gasteiger charge is 2.22. The summed E-state index contributed by atoms with van der Waals surface area (Å²) in [6, 6.07) is 0. The molecule has 11 heteroatoms. The number of phosphoric ester groups is 1. The minimum atomic E-state index is -4.74. The molecule has 3 N–H and O–H groups in total. The molecule has 0 radical (unpaired) electrons. The van der Waals surface area contributed by atoms with Crippen LogP contribution < -0.4 is 5.32 Å². The zero-order chi connectivity index (χ0) is 31.3. The number of ether oxygens (including phenoxy) is 2. The van der Waals surface area contributed by atoms with Gasteiger partial charge < -0.3 is 24.6 Å². The predicted octanol–water partition coefficient (Wildman–Crippen LogP) is 7.29. The first-order chi connectivity index (χ1) is 20.1. The normalized spacial score (nSPS) is 12.2. The third-order valence-electron chi connectivity index (χ3n) is 7.07. The van der Waals surface area contributed by atoms with Crippen molar-refractivity contribution in [1.29, 1.82) is 0 Å². The third-order valence-corrected chi connectivity index (χ3v) is 7.56. The van der Waals surface area contributed by atoms with Crippen LogP contribution in [0.25, 0.3) is 0 Å². The molecule has 1 amide bonds. The van der Waals surface area contributed by atoms with Crippen molar-refractivity contribution in [3.8, 4) is 0 Å². The Labute approximate surface area is 254 Å². The van der Waals surface area contributed by atoms with Crippen LogP contribution in [0.2, 0.25) is 0 Å². The number of hydrogen-bond acceptors (Lipinski definition) is 7. The average Bonchev–Trinajstić information content (AvgIpc) is 2.93. The molecule has 0 fully saturated rings. The van der Waals surface area contributed by atoms with E-state index in [0.717, 1.165) is 51.5 Å². The van der Waals surface area contributed by atoms with E-state index in [-0.39, 0.29) is 25.4 Å². The summed E-state index contributed by atoms with van der Waals surface area (Å²) >= 11 is 0. The van der Waals surface area contributed by atoms with Crippen LogP contribution in [0.1, 0.15) is 155 Å². The van der Waals surface area contributed by atoms with Gasteiger partial charge in [-0.15, -0.1) is 0 Å². The van der Waals surface area contributed by atoms with Crippen molar-refractivity contribution in [2.75, 3.05) is 19.8 Å². The lowest BCUT2D eigenvalue weighted by molar-refractivity contribution is -0.161. The lowest BCUT2D eigenvalue weighted by Crippen LogP contribution is -2.29. The number of carbonyl (C=O) groups excluding carboxylic acids is 3. The maximum Gasteiger partial charge on any atom is 0.469 e. The fraction of sp³-hybridized carbons (Fsp3) is 0.903. The second kappa shape index (κ2) is 28.3. The fourth-order valence-corrected chi connectivity index (χ4v) is 4.99. The second-order valence-electron chi connectivity index (χ2n) is 11.3. The molecule has 0 bridgehead atoms. The minimum Gasteiger partial charge on any atom is -0.462 e. The number of rotatable bonds is 30. The Morgan fingerprint density at radius 1 is 0.643 bits per heavy atom. The SMILES string of the molecule is CCCCCCCCCC(=O)O[C@H](COC(=O)CCCCCCCCCCCCCCCNC(C)=O)COP(=O)(O)O. The first-order valence-electron chi connectivity index (χ1n) is 16.4. The van der Waals surface area contributed by atoms with Crippen LogP contribution in [0.4, 0.5) is 0 Å². The number of hydrogen-bond donors (Lipinski definition) is 3. The van der Waals surface area contributed by atoms with Crippen LogP contribution in [-0.4, -0.2) is 53.5 Å². The summed E-state index contributed by atoms with van der Waals surface area (Å²) in [6.07, 6.45) is 21.6. The van der Waals surface area contributed by atoms with Crippen molar-refractivity contribution in [2.24, 2.45) is 0 Å². The molecule has 0 aliphatic heterocycles. The van der Waals surface area contributed by atoms with Crippen LogP contribution >= 0.6 is 7.82 Å². The number of carbonyl (C=O) groups is 3. The van der Waals surface area contributed by atoms with Crippen molar-refractivity contribution in [3.63, 3.8) is 0 Å². The zero-order valence-electron chi connectivity index (χ0n) is 26.5. The molecule has 0 saturated carbocycles. The monoisotopic (exact) mass is 621 g/mol. The third kappa shape index (κ3) is 31.5. The zero-order valence-corrected chi connectivity index (χ0v) is 27.3. The first kappa shape index (κ1) is 40.5. The minimum absolute atomic E-state index is 0.0437. The van der Waals surface area contributed by atoms with E-state index in [1.54, 1.807) is 6.92 Å². The van der Waals surface area contributed by atoms with E-state index in [4.69, 9.17) is 19.3 Å². The molecule has 0 unspecified atom stereocenters. The molecular weight excluding hydrogens is 561 g/mol. The van der Waals surface area contributed by atoms with Gasteiger partial charge in [0.2, 0.25) is 5.91 Å². The molecular formula is C31H60NO9P. The van der Waals surface area contributed by atoms with E-state index in [1.165, 1.54) is 70.6 Å². The van der Waals surface area contributed by atoms with Crippen molar-refractivity contribution in [1.82, 2.24) is 5.32 Å². The molecule has 1 atom stereocenters. The summed E-state index contributed by atoms with van der Waals surface area (Å²) in [6.45, 7) is 3.66. The van der Waals surface area contributed by atoms with Gasteiger partial charge in [0.1, 0.15) is 6.61 Å².